The van der Waals surface area contributed by atoms with Crippen LogP contribution in [-0.2, 0) is 0 Å². The van der Waals surface area contributed by atoms with Crippen LogP contribution < -0.4 is 5.73 Å². The predicted octanol–water partition coefficient (Wildman–Crippen LogP) is 2.80. The molecule has 0 heterocycles. The van der Waals surface area contributed by atoms with Gasteiger partial charge in [0.15, 0.2) is 0 Å². The van der Waals surface area contributed by atoms with E-state index in [1.807, 2.05) is 0 Å². The molecule has 0 aliphatic heterocycles. The number of nitrogens with two attached hydrogens (primary N) is 1. The summed E-state index contributed by atoms with van der Waals surface area (Å²) in [5, 5.41) is 0. The van der Waals surface area contributed by atoms with Crippen LogP contribution in [0.1, 0.15) is 46.5 Å². The second-order valence-electron chi connectivity index (χ2n) is 4.50. The lowest BCUT2D eigenvalue weighted by molar-refractivity contribution is 0.241. The summed E-state index contributed by atoms with van der Waals surface area (Å²) in [5.74, 6) is 2.48. The standard InChI is InChI=1S/C11H23N/c1-4-8(2)9(3)10-6-5-7-11(10)12/h8-11H,4-7,12H2,1-3H3. The lowest BCUT2D eigenvalue weighted by Crippen LogP contribution is -2.31. The van der Waals surface area contributed by atoms with Crippen LogP contribution in [0, 0.1) is 17.8 Å². The van der Waals surface area contributed by atoms with Gasteiger partial charge in [-0.15, -0.1) is 0 Å². The quantitative estimate of drug-likeness (QED) is 0.690. The Balaban J connectivity index is 2.45. The van der Waals surface area contributed by atoms with E-state index >= 15 is 0 Å². The Morgan fingerprint density at radius 1 is 1.33 bits per heavy atom. The molecule has 0 saturated heterocycles. The van der Waals surface area contributed by atoms with E-state index in [-0.39, 0.29) is 0 Å². The fourth-order valence-electron chi connectivity index (χ4n) is 2.46. The molecule has 1 nitrogen and oxygen atoms in total. The molecule has 0 spiro atoms. The van der Waals surface area contributed by atoms with Crippen molar-refractivity contribution in [1.82, 2.24) is 0 Å². The molecule has 0 amide bonds. The van der Waals surface area contributed by atoms with Crippen molar-refractivity contribution < 1.29 is 0 Å². The van der Waals surface area contributed by atoms with Gasteiger partial charge < -0.3 is 5.73 Å². The molecule has 1 rings (SSSR count). The zero-order valence-electron chi connectivity index (χ0n) is 8.72. The summed E-state index contributed by atoms with van der Waals surface area (Å²) in [7, 11) is 0. The van der Waals surface area contributed by atoms with Gasteiger partial charge in [-0.3, -0.25) is 0 Å². The number of hydrogen-bond donors (Lipinski definition) is 1. The molecule has 12 heavy (non-hydrogen) atoms. The van der Waals surface area contributed by atoms with Crippen molar-refractivity contribution in [3.63, 3.8) is 0 Å². The van der Waals surface area contributed by atoms with Gasteiger partial charge >= 0.3 is 0 Å². The molecule has 0 bridgehead atoms. The maximum absolute atomic E-state index is 6.07. The molecule has 4 atom stereocenters. The summed E-state index contributed by atoms with van der Waals surface area (Å²) in [6.45, 7) is 7.02. The summed E-state index contributed by atoms with van der Waals surface area (Å²) >= 11 is 0. The van der Waals surface area contributed by atoms with Crippen LogP contribution in [0.2, 0.25) is 0 Å². The Labute approximate surface area is 76.7 Å². The average molecular weight is 169 g/mol. The molecule has 1 aliphatic carbocycles. The van der Waals surface area contributed by atoms with Crippen molar-refractivity contribution >= 4 is 0 Å². The smallest absolute Gasteiger partial charge is 0.00698 e. The van der Waals surface area contributed by atoms with Crippen LogP contribution in [0.15, 0.2) is 0 Å². The van der Waals surface area contributed by atoms with Gasteiger partial charge in [-0.25, -0.2) is 0 Å². The third kappa shape index (κ3) is 2.01. The first-order chi connectivity index (χ1) is 5.66. The third-order valence-electron chi connectivity index (χ3n) is 3.84. The largest absolute Gasteiger partial charge is 0.327 e. The normalized spacial score (nSPS) is 35.0. The average Bonchev–Trinajstić information content (AvgIpc) is 2.48. The van der Waals surface area contributed by atoms with Crippen LogP contribution in [0.25, 0.3) is 0 Å². The van der Waals surface area contributed by atoms with E-state index in [1.54, 1.807) is 0 Å². The Morgan fingerprint density at radius 2 is 2.00 bits per heavy atom. The van der Waals surface area contributed by atoms with E-state index in [2.05, 4.69) is 20.8 Å². The zero-order chi connectivity index (χ0) is 9.14. The van der Waals surface area contributed by atoms with E-state index in [0.717, 1.165) is 17.8 Å². The fourth-order valence-corrected chi connectivity index (χ4v) is 2.46. The Kier molecular flexibility index (Phi) is 3.57. The zero-order valence-corrected chi connectivity index (χ0v) is 8.72. The lowest BCUT2D eigenvalue weighted by Gasteiger charge is -2.27. The van der Waals surface area contributed by atoms with Crippen molar-refractivity contribution in [3.8, 4) is 0 Å². The van der Waals surface area contributed by atoms with E-state index in [0.29, 0.717) is 6.04 Å². The highest BCUT2D eigenvalue weighted by molar-refractivity contribution is 4.85. The highest BCUT2D eigenvalue weighted by atomic mass is 14.7. The van der Waals surface area contributed by atoms with E-state index in [4.69, 9.17) is 5.73 Å². The molecule has 0 aromatic rings. The van der Waals surface area contributed by atoms with E-state index in [1.165, 1.54) is 25.7 Å². The van der Waals surface area contributed by atoms with E-state index in [9.17, 15) is 0 Å². The maximum atomic E-state index is 6.07. The number of hydrogen-bond acceptors (Lipinski definition) is 1. The van der Waals surface area contributed by atoms with Crippen molar-refractivity contribution in [2.75, 3.05) is 0 Å². The minimum atomic E-state index is 0.494. The highest BCUT2D eigenvalue weighted by Gasteiger charge is 2.30. The first-order valence-corrected chi connectivity index (χ1v) is 5.42. The van der Waals surface area contributed by atoms with Crippen molar-refractivity contribution in [1.29, 1.82) is 0 Å². The first kappa shape index (κ1) is 10.0. The molecule has 1 fully saturated rings. The summed E-state index contributed by atoms with van der Waals surface area (Å²) in [4.78, 5) is 0. The third-order valence-corrected chi connectivity index (χ3v) is 3.84. The molecule has 0 aromatic carbocycles. The first-order valence-electron chi connectivity index (χ1n) is 5.42. The molecular weight excluding hydrogens is 146 g/mol. The summed E-state index contributed by atoms with van der Waals surface area (Å²) in [5.41, 5.74) is 6.07. The number of rotatable bonds is 3. The maximum Gasteiger partial charge on any atom is 0.00698 e. The van der Waals surface area contributed by atoms with Gasteiger partial charge in [-0.05, 0) is 30.6 Å². The Morgan fingerprint density at radius 3 is 2.42 bits per heavy atom. The molecular formula is C11H23N. The minimum absolute atomic E-state index is 0.494. The van der Waals surface area contributed by atoms with Gasteiger partial charge in [0.25, 0.3) is 0 Å². The second kappa shape index (κ2) is 4.27. The minimum Gasteiger partial charge on any atom is -0.327 e. The fraction of sp³-hybridized carbons (Fsp3) is 1.00. The van der Waals surface area contributed by atoms with Crippen LogP contribution in [0.4, 0.5) is 0 Å². The van der Waals surface area contributed by atoms with Gasteiger partial charge in [0, 0.05) is 6.04 Å². The van der Waals surface area contributed by atoms with Gasteiger partial charge in [-0.1, -0.05) is 33.6 Å². The Hall–Kier alpha value is -0.0400. The van der Waals surface area contributed by atoms with Gasteiger partial charge in [-0.2, -0.15) is 0 Å². The molecule has 1 saturated carbocycles. The van der Waals surface area contributed by atoms with Crippen molar-refractivity contribution in [2.45, 2.75) is 52.5 Å². The molecule has 1 aliphatic rings. The molecule has 0 radical (unpaired) electrons. The topological polar surface area (TPSA) is 26.0 Å². The van der Waals surface area contributed by atoms with Crippen molar-refractivity contribution in [3.05, 3.63) is 0 Å². The van der Waals surface area contributed by atoms with Gasteiger partial charge in [0.05, 0.1) is 0 Å². The molecule has 0 aromatic heterocycles. The molecule has 72 valence electrons. The predicted molar refractivity (Wildman–Crippen MR) is 53.9 cm³/mol. The van der Waals surface area contributed by atoms with Crippen molar-refractivity contribution in [2.24, 2.45) is 23.5 Å². The van der Waals surface area contributed by atoms with Crippen LogP contribution in [0.5, 0.6) is 0 Å². The van der Waals surface area contributed by atoms with Gasteiger partial charge in [0.2, 0.25) is 0 Å². The summed E-state index contributed by atoms with van der Waals surface area (Å²) in [6.07, 6.45) is 5.27. The Bertz CT molecular complexity index is 133. The van der Waals surface area contributed by atoms with Crippen LogP contribution in [-0.4, -0.2) is 6.04 Å². The monoisotopic (exact) mass is 169 g/mol. The summed E-state index contributed by atoms with van der Waals surface area (Å²) in [6, 6.07) is 0.494. The molecule has 2 N–H and O–H groups in total. The van der Waals surface area contributed by atoms with Crippen LogP contribution in [0.3, 0.4) is 0 Å². The second-order valence-corrected chi connectivity index (χ2v) is 4.50. The highest BCUT2D eigenvalue weighted by Crippen LogP contribution is 2.35. The van der Waals surface area contributed by atoms with E-state index < -0.39 is 0 Å². The molecule has 1 heteroatoms. The summed E-state index contributed by atoms with van der Waals surface area (Å²) < 4.78 is 0. The van der Waals surface area contributed by atoms with Gasteiger partial charge in [0.1, 0.15) is 0 Å². The SMILES string of the molecule is CCC(C)C(C)C1CCCC1N. The lowest BCUT2D eigenvalue weighted by atomic mass is 9.80. The van der Waals surface area contributed by atoms with Crippen LogP contribution >= 0.6 is 0 Å². The molecule has 4 unspecified atom stereocenters.